The largest absolute Gasteiger partial charge is 0.330 e. The third kappa shape index (κ3) is 4.07. The maximum Gasteiger partial charge on any atom is 0.157 e. The number of hydrogen-bond acceptors (Lipinski definition) is 3. The van der Waals surface area contributed by atoms with Crippen molar-refractivity contribution >= 4 is 9.84 Å². The Bertz CT molecular complexity index is 568. The molecule has 0 aliphatic heterocycles. The molecule has 0 aromatic heterocycles. The first-order valence-corrected chi connectivity index (χ1v) is 9.65. The van der Waals surface area contributed by atoms with E-state index in [1.165, 1.54) is 0 Å². The topological polar surface area (TPSA) is 60.2 Å². The Morgan fingerprint density at radius 3 is 2.67 bits per heavy atom. The Morgan fingerprint density at radius 2 is 2.05 bits per heavy atom. The summed E-state index contributed by atoms with van der Waals surface area (Å²) in [6, 6.07) is 7.79. The minimum atomic E-state index is -3.14. The van der Waals surface area contributed by atoms with E-state index in [0.29, 0.717) is 12.5 Å². The summed E-state index contributed by atoms with van der Waals surface area (Å²) in [6.45, 7) is 4.62. The van der Waals surface area contributed by atoms with Gasteiger partial charge in [-0.3, -0.25) is 0 Å². The Kier molecular flexibility index (Phi) is 5.44. The predicted octanol–water partition coefficient (Wildman–Crippen LogP) is 3.06. The van der Waals surface area contributed by atoms with Crippen LogP contribution in [0.25, 0.3) is 0 Å². The Morgan fingerprint density at radius 1 is 1.29 bits per heavy atom. The van der Waals surface area contributed by atoms with Gasteiger partial charge in [0.25, 0.3) is 0 Å². The summed E-state index contributed by atoms with van der Waals surface area (Å²) in [5, 5.41) is -0.262. The molecule has 2 rings (SSSR count). The third-order valence-electron chi connectivity index (χ3n) is 4.83. The van der Waals surface area contributed by atoms with E-state index in [1.54, 1.807) is 0 Å². The Hall–Kier alpha value is -0.870. The fourth-order valence-electron chi connectivity index (χ4n) is 3.50. The van der Waals surface area contributed by atoms with Crippen LogP contribution < -0.4 is 5.73 Å². The number of nitrogens with two attached hydrogens (primary N) is 1. The molecule has 2 N–H and O–H groups in total. The molecule has 1 aromatic carbocycles. The van der Waals surface area contributed by atoms with Crippen molar-refractivity contribution in [3.05, 3.63) is 35.4 Å². The zero-order valence-electron chi connectivity index (χ0n) is 13.1. The SMILES string of the molecule is CCC1CCC(CN)C(S(=O)(=O)Cc2cccc(C)c2)C1. The van der Waals surface area contributed by atoms with Crippen molar-refractivity contribution in [1.29, 1.82) is 0 Å². The van der Waals surface area contributed by atoms with Gasteiger partial charge in [0.05, 0.1) is 11.0 Å². The molecule has 3 unspecified atom stereocenters. The summed E-state index contributed by atoms with van der Waals surface area (Å²) in [7, 11) is -3.14. The summed E-state index contributed by atoms with van der Waals surface area (Å²) >= 11 is 0. The lowest BCUT2D eigenvalue weighted by atomic mass is 9.80. The average molecular weight is 309 g/mol. The molecule has 0 saturated heterocycles. The van der Waals surface area contributed by atoms with E-state index in [4.69, 9.17) is 5.73 Å². The molecule has 3 nitrogen and oxygen atoms in total. The molecule has 118 valence electrons. The second-order valence-corrected chi connectivity index (χ2v) is 8.64. The predicted molar refractivity (Wildman–Crippen MR) is 87.8 cm³/mol. The van der Waals surface area contributed by atoms with Crippen LogP contribution in [0.2, 0.25) is 0 Å². The van der Waals surface area contributed by atoms with Gasteiger partial charge in [0.15, 0.2) is 9.84 Å². The van der Waals surface area contributed by atoms with Gasteiger partial charge in [-0.15, -0.1) is 0 Å². The van der Waals surface area contributed by atoms with Crippen molar-refractivity contribution in [1.82, 2.24) is 0 Å². The van der Waals surface area contributed by atoms with Gasteiger partial charge >= 0.3 is 0 Å². The van der Waals surface area contributed by atoms with E-state index >= 15 is 0 Å². The minimum Gasteiger partial charge on any atom is -0.330 e. The van der Waals surface area contributed by atoms with E-state index in [-0.39, 0.29) is 16.9 Å². The van der Waals surface area contributed by atoms with Crippen molar-refractivity contribution in [2.24, 2.45) is 17.6 Å². The molecule has 1 aromatic rings. The summed E-state index contributed by atoms with van der Waals surface area (Å²) in [5.74, 6) is 0.805. The van der Waals surface area contributed by atoms with E-state index in [2.05, 4.69) is 6.92 Å². The van der Waals surface area contributed by atoms with Gasteiger partial charge < -0.3 is 5.73 Å². The Balaban J connectivity index is 2.19. The molecule has 0 radical (unpaired) electrons. The van der Waals surface area contributed by atoms with E-state index in [9.17, 15) is 8.42 Å². The van der Waals surface area contributed by atoms with Crippen molar-refractivity contribution in [3.8, 4) is 0 Å². The number of rotatable bonds is 5. The highest BCUT2D eigenvalue weighted by Crippen LogP contribution is 2.35. The molecular weight excluding hydrogens is 282 g/mol. The maximum absolute atomic E-state index is 12.8. The number of aryl methyl sites for hydroxylation is 1. The van der Waals surface area contributed by atoms with Crippen LogP contribution >= 0.6 is 0 Å². The van der Waals surface area contributed by atoms with Crippen LogP contribution in [0.5, 0.6) is 0 Å². The van der Waals surface area contributed by atoms with Gasteiger partial charge in [0.1, 0.15) is 0 Å². The fraction of sp³-hybridized carbons (Fsp3) is 0.647. The standard InChI is InChI=1S/C17H27NO2S/c1-3-14-7-8-16(11-18)17(10-14)21(19,20)12-15-6-4-5-13(2)9-15/h4-6,9,14,16-17H,3,7-8,10-12,18H2,1-2H3. The highest BCUT2D eigenvalue weighted by molar-refractivity contribution is 7.91. The maximum atomic E-state index is 12.8. The molecule has 3 atom stereocenters. The highest BCUT2D eigenvalue weighted by atomic mass is 32.2. The quantitative estimate of drug-likeness (QED) is 0.909. The monoisotopic (exact) mass is 309 g/mol. The first-order chi connectivity index (χ1) is 9.96. The smallest absolute Gasteiger partial charge is 0.157 e. The zero-order chi connectivity index (χ0) is 15.5. The molecule has 1 saturated carbocycles. The van der Waals surface area contributed by atoms with Gasteiger partial charge in [-0.1, -0.05) is 49.6 Å². The van der Waals surface area contributed by atoms with Gasteiger partial charge in [-0.05, 0) is 43.7 Å². The minimum absolute atomic E-state index is 0.127. The summed E-state index contributed by atoms with van der Waals surface area (Å²) in [5.41, 5.74) is 7.83. The van der Waals surface area contributed by atoms with Crippen molar-refractivity contribution < 1.29 is 8.42 Å². The summed E-state index contributed by atoms with van der Waals surface area (Å²) < 4.78 is 25.7. The summed E-state index contributed by atoms with van der Waals surface area (Å²) in [4.78, 5) is 0. The highest BCUT2D eigenvalue weighted by Gasteiger charge is 2.37. The van der Waals surface area contributed by atoms with Crippen molar-refractivity contribution in [2.75, 3.05) is 6.54 Å². The van der Waals surface area contributed by atoms with Gasteiger partial charge in [0.2, 0.25) is 0 Å². The van der Waals surface area contributed by atoms with Crippen molar-refractivity contribution in [2.45, 2.75) is 50.5 Å². The van der Waals surface area contributed by atoms with Crippen LogP contribution in [0, 0.1) is 18.8 Å². The molecular formula is C17H27NO2S. The van der Waals surface area contributed by atoms with Gasteiger partial charge in [0, 0.05) is 0 Å². The zero-order valence-corrected chi connectivity index (χ0v) is 13.9. The molecule has 0 spiro atoms. The van der Waals surface area contributed by atoms with E-state index in [1.807, 2.05) is 31.2 Å². The van der Waals surface area contributed by atoms with Gasteiger partial charge in [-0.25, -0.2) is 8.42 Å². The lowest BCUT2D eigenvalue weighted by Gasteiger charge is -2.35. The molecule has 0 amide bonds. The van der Waals surface area contributed by atoms with E-state index < -0.39 is 9.84 Å². The van der Waals surface area contributed by atoms with Crippen LogP contribution in [-0.2, 0) is 15.6 Å². The molecule has 1 fully saturated rings. The molecule has 21 heavy (non-hydrogen) atoms. The number of sulfone groups is 1. The number of benzene rings is 1. The van der Waals surface area contributed by atoms with Crippen LogP contribution in [0.1, 0.15) is 43.7 Å². The molecule has 1 aliphatic rings. The summed E-state index contributed by atoms with van der Waals surface area (Å²) in [6.07, 6.45) is 3.92. The first kappa shape index (κ1) is 16.5. The lowest BCUT2D eigenvalue weighted by molar-refractivity contribution is 0.275. The van der Waals surface area contributed by atoms with Crippen LogP contribution in [0.4, 0.5) is 0 Å². The van der Waals surface area contributed by atoms with E-state index in [0.717, 1.165) is 36.8 Å². The fourth-order valence-corrected chi connectivity index (χ4v) is 5.75. The molecule has 0 heterocycles. The molecule has 4 heteroatoms. The normalized spacial score (nSPS) is 26.7. The molecule has 0 bridgehead atoms. The van der Waals surface area contributed by atoms with Gasteiger partial charge in [-0.2, -0.15) is 0 Å². The molecule has 1 aliphatic carbocycles. The average Bonchev–Trinajstić information content (AvgIpc) is 2.46. The second kappa shape index (κ2) is 6.93. The number of hydrogen-bond donors (Lipinski definition) is 1. The van der Waals surface area contributed by atoms with Crippen LogP contribution in [-0.4, -0.2) is 20.2 Å². The Labute approximate surface area is 128 Å². The van der Waals surface area contributed by atoms with Crippen molar-refractivity contribution in [3.63, 3.8) is 0 Å². The van der Waals surface area contributed by atoms with Crippen LogP contribution in [0.15, 0.2) is 24.3 Å². The third-order valence-corrected chi connectivity index (χ3v) is 7.06. The second-order valence-electron chi connectivity index (χ2n) is 6.42. The first-order valence-electron chi connectivity index (χ1n) is 7.93. The lowest BCUT2D eigenvalue weighted by Crippen LogP contribution is -2.40. The van der Waals surface area contributed by atoms with Crippen LogP contribution in [0.3, 0.4) is 0 Å².